The van der Waals surface area contributed by atoms with Crippen LogP contribution < -0.4 is 10.4 Å². The van der Waals surface area contributed by atoms with Gasteiger partial charge >= 0.3 is 0 Å². The van der Waals surface area contributed by atoms with E-state index in [1.807, 2.05) is 6.07 Å². The molecule has 0 fully saturated rings. The van der Waals surface area contributed by atoms with E-state index in [0.717, 1.165) is 16.9 Å². The van der Waals surface area contributed by atoms with Gasteiger partial charge in [-0.05, 0) is 38.0 Å². The smallest absolute Gasteiger partial charge is 0.261 e. The minimum absolute atomic E-state index is 0.144. The summed E-state index contributed by atoms with van der Waals surface area (Å²) in [5, 5.41) is 23.4. The molecule has 1 aromatic carbocycles. The van der Waals surface area contributed by atoms with Crippen LogP contribution in [-0.4, -0.2) is 28.6 Å². The van der Waals surface area contributed by atoms with Crippen molar-refractivity contribution in [1.29, 1.82) is 0 Å². The first-order chi connectivity index (χ1) is 11.7. The van der Waals surface area contributed by atoms with Gasteiger partial charge in [0.15, 0.2) is 0 Å². The maximum Gasteiger partial charge on any atom is 0.261 e. The van der Waals surface area contributed by atoms with Gasteiger partial charge < -0.3 is 20.3 Å². The van der Waals surface area contributed by atoms with Crippen molar-refractivity contribution in [2.45, 2.75) is 31.9 Å². The van der Waals surface area contributed by atoms with Crippen LogP contribution in [0.15, 0.2) is 42.5 Å². The van der Waals surface area contributed by atoms with Gasteiger partial charge in [0.05, 0.1) is 21.8 Å². The number of hydrogen-bond donors (Lipinski definition) is 2. The first-order valence-corrected chi connectivity index (χ1v) is 8.47. The van der Waals surface area contributed by atoms with Crippen molar-refractivity contribution in [3.8, 4) is 11.8 Å². The molecule has 2 rings (SSSR count). The van der Waals surface area contributed by atoms with Crippen LogP contribution in [0.5, 0.6) is 0 Å². The van der Waals surface area contributed by atoms with E-state index in [1.165, 1.54) is 0 Å². The number of carboxylic acid groups (broad SMARTS) is 1. The third-order valence-electron chi connectivity index (χ3n) is 3.19. The zero-order chi connectivity index (χ0) is 18.4. The molecule has 5 nitrogen and oxygen atoms in total. The van der Waals surface area contributed by atoms with E-state index in [4.69, 9.17) is 0 Å². The number of aliphatic hydroxyl groups is 1. The largest absolute Gasteiger partial charge is 0.548 e. The molecule has 130 valence electrons. The Hall–Kier alpha value is -2.62. The Balaban J connectivity index is 2.07. The molecule has 1 aromatic heterocycles. The number of benzene rings is 1. The number of aliphatic carboxylic acids is 1. The van der Waals surface area contributed by atoms with Gasteiger partial charge in [-0.15, -0.1) is 11.3 Å². The normalized spacial score (nSPS) is 12.0. The monoisotopic (exact) mass is 356 g/mol. The Morgan fingerprint density at radius 2 is 1.92 bits per heavy atom. The quantitative estimate of drug-likeness (QED) is 0.781. The zero-order valence-electron chi connectivity index (χ0n) is 13.9. The van der Waals surface area contributed by atoms with Gasteiger partial charge in [0.25, 0.3) is 5.91 Å². The van der Waals surface area contributed by atoms with Crippen LogP contribution in [0.1, 0.15) is 34.0 Å². The number of carboxylic acids is 1. The molecule has 0 aliphatic heterocycles. The topological polar surface area (TPSA) is 89.5 Å². The molecule has 0 saturated carbocycles. The summed E-state index contributed by atoms with van der Waals surface area (Å²) in [6.45, 7) is 3.13. The summed E-state index contributed by atoms with van der Waals surface area (Å²) in [4.78, 5) is 24.5. The van der Waals surface area contributed by atoms with Crippen molar-refractivity contribution in [3.63, 3.8) is 0 Å². The van der Waals surface area contributed by atoms with E-state index in [9.17, 15) is 19.8 Å². The molecule has 1 atom stereocenters. The van der Waals surface area contributed by atoms with Crippen molar-refractivity contribution < 1.29 is 19.8 Å². The highest BCUT2D eigenvalue weighted by molar-refractivity contribution is 7.14. The summed E-state index contributed by atoms with van der Waals surface area (Å²) in [7, 11) is 0. The summed E-state index contributed by atoms with van der Waals surface area (Å²) in [5.41, 5.74) is -0.331. The van der Waals surface area contributed by atoms with E-state index in [1.54, 1.807) is 50.2 Å². The van der Waals surface area contributed by atoms with E-state index in [-0.39, 0.29) is 6.42 Å². The van der Waals surface area contributed by atoms with E-state index < -0.39 is 23.5 Å². The summed E-state index contributed by atoms with van der Waals surface area (Å²) < 4.78 is 0. The second kappa shape index (κ2) is 7.97. The van der Waals surface area contributed by atoms with Crippen molar-refractivity contribution >= 4 is 23.2 Å². The number of thiophene rings is 1. The standard InChI is InChI=1S/C19H19NO4S/c1-19(2,24)11-10-14-8-9-16(25-14)17(21)20-15(18(22)23)12-13-6-4-3-5-7-13/h3-9,15,24H,12H2,1-2H3,(H,20,21)(H,22,23)/p-1/t15-/m1/s1. The summed E-state index contributed by atoms with van der Waals surface area (Å²) in [6.07, 6.45) is 0.144. The highest BCUT2D eigenvalue weighted by atomic mass is 32.1. The second-order valence-corrected chi connectivity index (χ2v) is 7.09. The van der Waals surface area contributed by atoms with Gasteiger partial charge in [-0.1, -0.05) is 42.2 Å². The van der Waals surface area contributed by atoms with Crippen molar-refractivity contribution in [3.05, 3.63) is 57.8 Å². The summed E-state index contributed by atoms with van der Waals surface area (Å²) >= 11 is 1.13. The molecule has 0 saturated heterocycles. The van der Waals surface area contributed by atoms with Crippen molar-refractivity contribution in [2.75, 3.05) is 0 Å². The molecule has 0 bridgehead atoms. The molecular formula is C19H18NO4S-. The van der Waals surface area contributed by atoms with Crippen molar-refractivity contribution in [2.24, 2.45) is 0 Å². The fourth-order valence-corrected chi connectivity index (χ4v) is 2.78. The fourth-order valence-electron chi connectivity index (χ4n) is 2.01. The highest BCUT2D eigenvalue weighted by Gasteiger charge is 2.17. The molecular weight excluding hydrogens is 338 g/mol. The molecule has 0 aliphatic rings. The lowest BCUT2D eigenvalue weighted by molar-refractivity contribution is -0.308. The lowest BCUT2D eigenvalue weighted by atomic mass is 10.1. The minimum atomic E-state index is -1.34. The van der Waals surface area contributed by atoms with Gasteiger partial charge in [0.2, 0.25) is 0 Å². The Bertz CT molecular complexity index is 809. The number of hydrogen-bond acceptors (Lipinski definition) is 5. The minimum Gasteiger partial charge on any atom is -0.548 e. The number of carbonyl (C=O) groups is 2. The SMILES string of the molecule is CC(C)(O)C#Cc1ccc(C(=O)N[C@H](Cc2ccccc2)C(=O)[O-])s1. The Kier molecular flexibility index (Phi) is 5.97. The van der Waals surface area contributed by atoms with E-state index in [2.05, 4.69) is 17.2 Å². The maximum atomic E-state index is 12.3. The van der Waals surface area contributed by atoms with Crippen LogP contribution in [0, 0.1) is 11.8 Å². The number of rotatable bonds is 5. The molecule has 6 heteroatoms. The Morgan fingerprint density at radius 1 is 1.24 bits per heavy atom. The molecule has 0 unspecified atom stereocenters. The van der Waals surface area contributed by atoms with Crippen LogP contribution >= 0.6 is 11.3 Å². The molecule has 0 aliphatic carbocycles. The Morgan fingerprint density at radius 3 is 2.52 bits per heavy atom. The average Bonchev–Trinajstić information content (AvgIpc) is 3.01. The average molecular weight is 356 g/mol. The Labute approximate surface area is 150 Å². The predicted octanol–water partition coefficient (Wildman–Crippen LogP) is 0.962. The summed E-state index contributed by atoms with van der Waals surface area (Å²) in [5.74, 6) is 3.62. The molecule has 0 spiro atoms. The lowest BCUT2D eigenvalue weighted by Gasteiger charge is -2.19. The van der Waals surface area contributed by atoms with Gasteiger partial charge in [-0.3, -0.25) is 4.79 Å². The van der Waals surface area contributed by atoms with Crippen LogP contribution in [0.25, 0.3) is 0 Å². The maximum absolute atomic E-state index is 12.3. The van der Waals surface area contributed by atoms with E-state index in [0.29, 0.717) is 9.75 Å². The molecule has 2 aromatic rings. The zero-order valence-corrected chi connectivity index (χ0v) is 14.7. The predicted molar refractivity (Wildman–Crippen MR) is 93.9 cm³/mol. The first-order valence-electron chi connectivity index (χ1n) is 7.65. The van der Waals surface area contributed by atoms with Crippen LogP contribution in [0.2, 0.25) is 0 Å². The molecule has 1 amide bonds. The van der Waals surface area contributed by atoms with Crippen molar-refractivity contribution in [1.82, 2.24) is 5.32 Å². The third kappa shape index (κ3) is 6.07. The lowest BCUT2D eigenvalue weighted by Crippen LogP contribution is -2.49. The number of nitrogens with one attached hydrogen (secondary N) is 1. The van der Waals surface area contributed by atoms with Crippen LogP contribution in [0.4, 0.5) is 0 Å². The van der Waals surface area contributed by atoms with Gasteiger partial charge in [0, 0.05) is 0 Å². The van der Waals surface area contributed by atoms with Gasteiger partial charge in [-0.25, -0.2) is 0 Å². The molecule has 25 heavy (non-hydrogen) atoms. The molecule has 0 radical (unpaired) electrons. The van der Waals surface area contributed by atoms with Gasteiger partial charge in [0.1, 0.15) is 5.60 Å². The first kappa shape index (κ1) is 18.7. The second-order valence-electron chi connectivity index (χ2n) is 6.01. The van der Waals surface area contributed by atoms with Crippen LogP contribution in [0.3, 0.4) is 0 Å². The molecule has 1 heterocycles. The van der Waals surface area contributed by atoms with Gasteiger partial charge in [-0.2, -0.15) is 0 Å². The number of carbonyl (C=O) groups excluding carboxylic acids is 2. The molecule has 2 N–H and O–H groups in total. The summed E-state index contributed by atoms with van der Waals surface area (Å²) in [6, 6.07) is 11.1. The highest BCUT2D eigenvalue weighted by Crippen LogP contribution is 2.16. The van der Waals surface area contributed by atoms with Crippen LogP contribution in [-0.2, 0) is 11.2 Å². The fraction of sp³-hybridized carbons (Fsp3) is 0.263. The van der Waals surface area contributed by atoms with E-state index >= 15 is 0 Å². The third-order valence-corrected chi connectivity index (χ3v) is 4.19. The number of amides is 1.